The highest BCUT2D eigenvalue weighted by Crippen LogP contribution is 2.30. The maximum atomic E-state index is 12.3. The molecule has 0 saturated heterocycles. The molecule has 6 aromatic rings. The van der Waals surface area contributed by atoms with Gasteiger partial charge in [-0.3, -0.25) is 9.59 Å². The van der Waals surface area contributed by atoms with Gasteiger partial charge in [-0.2, -0.15) is 10.2 Å². The van der Waals surface area contributed by atoms with E-state index in [9.17, 15) is 9.59 Å². The molecule has 2 amide bonds. The van der Waals surface area contributed by atoms with Gasteiger partial charge >= 0.3 is 0 Å². The van der Waals surface area contributed by atoms with Crippen LogP contribution in [0.3, 0.4) is 0 Å². The van der Waals surface area contributed by atoms with Gasteiger partial charge in [-0.1, -0.05) is 41.5 Å². The summed E-state index contributed by atoms with van der Waals surface area (Å²) in [4.78, 5) is 33.0. The quantitative estimate of drug-likeness (QED) is 0.128. The maximum Gasteiger partial charge on any atom is 0.250 e. The summed E-state index contributed by atoms with van der Waals surface area (Å²) in [7, 11) is 3.16. The van der Waals surface area contributed by atoms with E-state index < -0.39 is 0 Å². The van der Waals surface area contributed by atoms with Gasteiger partial charge in [0.2, 0.25) is 11.8 Å². The normalized spacial score (nSPS) is 12.6. The molecule has 2 aromatic carbocycles. The standard InChI is InChI=1S/C39H48N10O6/c1-38(2,3)32-28(36-42-34(46-48(36)44-32)24-9-13-26(14-10-24)40-30(50)22-54-19-17-52-7)21-29-33(39(4,5)6)45-49-37(29)43-35(47-49)25-11-15-27(16-12-25)41-31(51)23-55-20-18-53-8/h9-16,21H,17-20,22-23H2,1-8H3,(H,40,50)(H,41,51)(H,42,46)/b29-21-. The third-order valence-electron chi connectivity index (χ3n) is 8.53. The Morgan fingerprint density at radius 1 is 0.691 bits per heavy atom. The largest absolute Gasteiger partial charge is 0.382 e. The van der Waals surface area contributed by atoms with Crippen molar-refractivity contribution in [3.05, 3.63) is 70.7 Å². The smallest absolute Gasteiger partial charge is 0.250 e. The number of nitrogens with zero attached hydrogens (tertiary/aromatic N) is 7. The Hall–Kier alpha value is -5.55. The van der Waals surface area contributed by atoms with Crippen molar-refractivity contribution in [2.75, 3.05) is 64.5 Å². The molecule has 0 aliphatic heterocycles. The lowest BCUT2D eigenvalue weighted by atomic mass is 9.88. The zero-order valence-corrected chi connectivity index (χ0v) is 32.5. The van der Waals surface area contributed by atoms with Gasteiger partial charge in [0.1, 0.15) is 13.2 Å². The van der Waals surface area contributed by atoms with E-state index in [1.807, 2.05) is 36.4 Å². The molecule has 6 rings (SSSR count). The van der Waals surface area contributed by atoms with Crippen LogP contribution in [0.15, 0.2) is 48.5 Å². The molecule has 0 radical (unpaired) electrons. The SMILES string of the molecule is COCCOCC(=O)Nc1ccc(-c2nc3/c(=C\c4c(C(C)(C)C)nn5nc(-c6ccc(NC(=O)COCCOC)cc6)[nH]c45)c(C(C)(C)C)nn3n2)cc1. The second-order valence-corrected chi connectivity index (χ2v) is 15.1. The number of aromatic amines is 1. The number of amides is 2. The monoisotopic (exact) mass is 752 g/mol. The van der Waals surface area contributed by atoms with Gasteiger partial charge in [-0.25, -0.2) is 4.98 Å². The first-order valence-corrected chi connectivity index (χ1v) is 18.0. The van der Waals surface area contributed by atoms with E-state index in [1.54, 1.807) is 35.6 Å². The molecule has 0 aliphatic rings. The number of hydrogen-bond acceptors (Lipinski definition) is 11. The van der Waals surface area contributed by atoms with Crippen LogP contribution in [0.25, 0.3) is 40.1 Å². The van der Waals surface area contributed by atoms with Crippen LogP contribution in [0.2, 0.25) is 0 Å². The van der Waals surface area contributed by atoms with E-state index >= 15 is 0 Å². The molecule has 55 heavy (non-hydrogen) atoms. The number of hydrogen-bond donors (Lipinski definition) is 3. The van der Waals surface area contributed by atoms with Crippen molar-refractivity contribution < 1.29 is 28.5 Å². The Morgan fingerprint density at radius 3 is 1.75 bits per heavy atom. The van der Waals surface area contributed by atoms with Crippen LogP contribution in [-0.2, 0) is 39.4 Å². The number of benzene rings is 2. The van der Waals surface area contributed by atoms with Crippen LogP contribution in [0.5, 0.6) is 0 Å². The van der Waals surface area contributed by atoms with Gasteiger partial charge in [-0.05, 0) is 54.6 Å². The molecule has 16 heteroatoms. The van der Waals surface area contributed by atoms with Gasteiger partial charge in [-0.15, -0.1) is 19.5 Å². The van der Waals surface area contributed by atoms with E-state index in [0.29, 0.717) is 60.7 Å². The first-order valence-electron chi connectivity index (χ1n) is 18.0. The minimum atomic E-state index is -0.331. The van der Waals surface area contributed by atoms with Crippen molar-refractivity contribution in [3.8, 4) is 22.8 Å². The Labute approximate surface area is 318 Å². The van der Waals surface area contributed by atoms with Crippen molar-refractivity contribution in [1.82, 2.24) is 39.6 Å². The highest BCUT2D eigenvalue weighted by molar-refractivity contribution is 5.92. The molecule has 16 nitrogen and oxygen atoms in total. The molecule has 0 bridgehead atoms. The molecule has 4 aromatic heterocycles. The number of methoxy groups -OCH3 is 2. The summed E-state index contributed by atoms with van der Waals surface area (Å²) < 4.78 is 23.7. The molecule has 0 aliphatic carbocycles. The number of anilines is 2. The number of carbonyl (C=O) groups excluding carboxylic acids is 2. The third-order valence-corrected chi connectivity index (χ3v) is 8.53. The third kappa shape index (κ3) is 9.23. The minimum absolute atomic E-state index is 0.0603. The number of rotatable bonds is 15. The van der Waals surface area contributed by atoms with Crippen molar-refractivity contribution in [1.29, 1.82) is 0 Å². The predicted octanol–water partition coefficient (Wildman–Crippen LogP) is 4.17. The summed E-state index contributed by atoms with van der Waals surface area (Å²) in [6.45, 7) is 14.1. The topological polar surface area (TPSA) is 184 Å². The minimum Gasteiger partial charge on any atom is -0.382 e. The molecule has 0 saturated carbocycles. The van der Waals surface area contributed by atoms with Crippen LogP contribution < -0.4 is 15.9 Å². The number of nitrogens with one attached hydrogen (secondary N) is 3. The maximum absolute atomic E-state index is 12.3. The van der Waals surface area contributed by atoms with Crippen LogP contribution in [0, 0.1) is 0 Å². The average Bonchev–Trinajstić information content (AvgIpc) is 3.90. The Bertz CT molecular complexity index is 2310. The number of fused-ring (bicyclic) bond motifs is 2. The number of carbonyl (C=O) groups is 2. The highest BCUT2D eigenvalue weighted by atomic mass is 16.5. The molecular formula is C39H48N10O6. The van der Waals surface area contributed by atoms with Crippen LogP contribution in [-0.4, -0.2) is 105 Å². The van der Waals surface area contributed by atoms with E-state index in [-0.39, 0.29) is 35.9 Å². The number of aromatic nitrogens is 8. The Balaban J connectivity index is 1.32. The van der Waals surface area contributed by atoms with Crippen molar-refractivity contribution >= 4 is 40.6 Å². The summed E-state index contributed by atoms with van der Waals surface area (Å²) in [5.74, 6) is 0.606. The first-order chi connectivity index (χ1) is 26.2. The molecule has 0 spiro atoms. The summed E-state index contributed by atoms with van der Waals surface area (Å²) in [5.41, 5.74) is 6.07. The Morgan fingerprint density at radius 2 is 1.22 bits per heavy atom. The average molecular weight is 753 g/mol. The van der Waals surface area contributed by atoms with Crippen LogP contribution in [0.4, 0.5) is 11.4 Å². The van der Waals surface area contributed by atoms with Crippen molar-refractivity contribution in [2.45, 2.75) is 52.4 Å². The molecule has 4 heterocycles. The lowest BCUT2D eigenvalue weighted by molar-refractivity contribution is -0.121. The summed E-state index contributed by atoms with van der Waals surface area (Å²) in [5, 5.41) is 25.9. The van der Waals surface area contributed by atoms with Crippen molar-refractivity contribution in [2.24, 2.45) is 0 Å². The summed E-state index contributed by atoms with van der Waals surface area (Å²) in [6, 6.07) is 14.7. The number of H-pyrrole nitrogens is 1. The second kappa shape index (κ2) is 16.4. The molecule has 290 valence electrons. The van der Waals surface area contributed by atoms with E-state index in [2.05, 4.69) is 63.2 Å². The highest BCUT2D eigenvalue weighted by Gasteiger charge is 2.28. The summed E-state index contributed by atoms with van der Waals surface area (Å²) in [6.07, 6.45) is 2.08. The van der Waals surface area contributed by atoms with Crippen LogP contribution in [0.1, 0.15) is 58.5 Å². The zero-order valence-electron chi connectivity index (χ0n) is 32.5. The van der Waals surface area contributed by atoms with Gasteiger partial charge in [0, 0.05) is 58.3 Å². The van der Waals surface area contributed by atoms with Gasteiger partial charge in [0.05, 0.1) is 37.8 Å². The van der Waals surface area contributed by atoms with Gasteiger partial charge in [0.25, 0.3) is 0 Å². The van der Waals surface area contributed by atoms with E-state index in [4.69, 9.17) is 44.3 Å². The lowest BCUT2D eigenvalue weighted by Crippen LogP contribution is -2.22. The Kier molecular flexibility index (Phi) is 11.7. The van der Waals surface area contributed by atoms with Crippen molar-refractivity contribution in [3.63, 3.8) is 0 Å². The molecule has 3 N–H and O–H groups in total. The molecular weight excluding hydrogens is 704 g/mol. The fourth-order valence-electron chi connectivity index (χ4n) is 5.83. The predicted molar refractivity (Wildman–Crippen MR) is 208 cm³/mol. The fourth-order valence-corrected chi connectivity index (χ4v) is 5.83. The van der Waals surface area contributed by atoms with E-state index in [0.717, 1.165) is 33.3 Å². The second-order valence-electron chi connectivity index (χ2n) is 15.1. The molecule has 0 fully saturated rings. The van der Waals surface area contributed by atoms with Gasteiger partial charge < -0.3 is 34.6 Å². The molecule has 0 atom stereocenters. The lowest BCUT2D eigenvalue weighted by Gasteiger charge is -2.17. The molecule has 0 unspecified atom stereocenters. The number of ether oxygens (including phenoxy) is 4. The fraction of sp³-hybridized carbons (Fsp3) is 0.410. The summed E-state index contributed by atoms with van der Waals surface area (Å²) >= 11 is 0. The zero-order chi connectivity index (χ0) is 39.3. The van der Waals surface area contributed by atoms with Crippen LogP contribution >= 0.6 is 0 Å². The van der Waals surface area contributed by atoms with E-state index in [1.165, 1.54) is 0 Å². The van der Waals surface area contributed by atoms with Gasteiger partial charge in [0.15, 0.2) is 22.9 Å². The first kappa shape index (κ1) is 39.2.